The van der Waals surface area contributed by atoms with E-state index in [1.165, 1.54) is 0 Å². The molecular weight excluding hydrogens is 330 g/mol. The van der Waals surface area contributed by atoms with Crippen molar-refractivity contribution in [1.29, 1.82) is 0 Å². The maximum atomic E-state index is 12.6. The Bertz CT molecular complexity index is 1010. The Hall–Kier alpha value is -3.22. The molecule has 1 atom stereocenters. The van der Waals surface area contributed by atoms with Crippen LogP contribution in [0.2, 0.25) is 0 Å². The number of carbonyl (C=O) groups is 2. The molecule has 132 valence electrons. The molecule has 0 radical (unpaired) electrons. The van der Waals surface area contributed by atoms with E-state index in [1.54, 1.807) is 17.8 Å². The van der Waals surface area contributed by atoms with Crippen LogP contribution >= 0.6 is 0 Å². The molecule has 7 heteroatoms. The van der Waals surface area contributed by atoms with Gasteiger partial charge in [-0.3, -0.25) is 9.59 Å². The number of nitrogens with zero attached hydrogens (tertiary/aromatic N) is 3. The normalized spacial score (nSPS) is 19.5. The molecule has 3 heterocycles. The molecule has 1 aliphatic rings. The average molecular weight is 349 g/mol. The van der Waals surface area contributed by atoms with Gasteiger partial charge in [0.1, 0.15) is 5.54 Å². The standard InChI is InChI=1S/C19H19N5O2/c1-12-15-10-13(21-18(26)19(2)9-8-16(25)22-19)11-20-17(15)24(23-12)14-6-4-3-5-7-14/h3-7,10-11H,8-9H2,1-2H3,(H,21,26)(H,22,25)/t19-/m0/s1. The molecule has 1 saturated heterocycles. The third-order valence-corrected chi connectivity index (χ3v) is 4.73. The molecule has 0 unspecified atom stereocenters. The first-order valence-corrected chi connectivity index (χ1v) is 8.49. The number of pyridine rings is 1. The molecule has 1 fully saturated rings. The van der Waals surface area contributed by atoms with Gasteiger partial charge in [-0.15, -0.1) is 0 Å². The number of rotatable bonds is 3. The third-order valence-electron chi connectivity index (χ3n) is 4.73. The van der Waals surface area contributed by atoms with Crippen LogP contribution in [0.1, 0.15) is 25.5 Å². The second-order valence-corrected chi connectivity index (χ2v) is 6.76. The lowest BCUT2D eigenvalue weighted by molar-refractivity contribution is -0.125. The Morgan fingerprint density at radius 2 is 2.08 bits per heavy atom. The highest BCUT2D eigenvalue weighted by molar-refractivity contribution is 6.02. The Balaban J connectivity index is 1.66. The van der Waals surface area contributed by atoms with Crippen LogP contribution in [0, 0.1) is 6.92 Å². The summed E-state index contributed by atoms with van der Waals surface area (Å²) >= 11 is 0. The number of hydrogen-bond acceptors (Lipinski definition) is 4. The minimum atomic E-state index is -0.880. The van der Waals surface area contributed by atoms with Gasteiger partial charge in [-0.25, -0.2) is 9.67 Å². The number of hydrogen-bond donors (Lipinski definition) is 2. The van der Waals surface area contributed by atoms with Gasteiger partial charge < -0.3 is 10.6 Å². The summed E-state index contributed by atoms with van der Waals surface area (Å²) in [6.45, 7) is 3.64. The van der Waals surface area contributed by atoms with Crippen LogP contribution in [-0.4, -0.2) is 32.1 Å². The highest BCUT2D eigenvalue weighted by Crippen LogP contribution is 2.25. The second-order valence-electron chi connectivity index (χ2n) is 6.76. The predicted molar refractivity (Wildman–Crippen MR) is 98.0 cm³/mol. The fourth-order valence-corrected chi connectivity index (χ4v) is 3.20. The first-order valence-electron chi connectivity index (χ1n) is 8.49. The maximum absolute atomic E-state index is 12.6. The Morgan fingerprint density at radius 3 is 2.77 bits per heavy atom. The highest BCUT2D eigenvalue weighted by atomic mass is 16.2. The molecule has 1 aliphatic heterocycles. The molecule has 2 N–H and O–H groups in total. The van der Waals surface area contributed by atoms with Crippen molar-refractivity contribution >= 4 is 28.5 Å². The number of aryl methyl sites for hydroxylation is 1. The van der Waals surface area contributed by atoms with Crippen LogP contribution in [0.25, 0.3) is 16.7 Å². The third kappa shape index (κ3) is 2.71. The minimum absolute atomic E-state index is 0.101. The zero-order valence-electron chi connectivity index (χ0n) is 14.6. The molecule has 2 aromatic heterocycles. The van der Waals surface area contributed by atoms with Gasteiger partial charge in [0.25, 0.3) is 0 Å². The molecule has 3 aromatic rings. The number of carbonyl (C=O) groups excluding carboxylic acids is 2. The molecule has 4 rings (SSSR count). The van der Waals surface area contributed by atoms with Crippen molar-refractivity contribution in [3.8, 4) is 5.69 Å². The monoisotopic (exact) mass is 349 g/mol. The van der Waals surface area contributed by atoms with Gasteiger partial charge in [0.2, 0.25) is 11.8 Å². The van der Waals surface area contributed by atoms with Gasteiger partial charge in [0.05, 0.1) is 23.3 Å². The van der Waals surface area contributed by atoms with Crippen molar-refractivity contribution in [3.63, 3.8) is 0 Å². The zero-order chi connectivity index (χ0) is 18.3. The number of nitrogens with one attached hydrogen (secondary N) is 2. The van der Waals surface area contributed by atoms with Gasteiger partial charge in [0, 0.05) is 11.8 Å². The van der Waals surface area contributed by atoms with Crippen molar-refractivity contribution in [3.05, 3.63) is 48.3 Å². The van der Waals surface area contributed by atoms with Crippen molar-refractivity contribution in [2.75, 3.05) is 5.32 Å². The van der Waals surface area contributed by atoms with E-state index in [4.69, 9.17) is 0 Å². The van der Waals surface area contributed by atoms with E-state index in [0.717, 1.165) is 22.4 Å². The lowest BCUT2D eigenvalue weighted by atomic mass is 9.99. The molecule has 7 nitrogen and oxygen atoms in total. The van der Waals surface area contributed by atoms with Crippen LogP contribution in [-0.2, 0) is 9.59 Å². The van der Waals surface area contributed by atoms with Crippen LogP contribution in [0.3, 0.4) is 0 Å². The molecule has 0 spiro atoms. The van der Waals surface area contributed by atoms with E-state index in [0.29, 0.717) is 18.5 Å². The van der Waals surface area contributed by atoms with Crippen molar-refractivity contribution in [2.45, 2.75) is 32.2 Å². The van der Waals surface area contributed by atoms with Crippen LogP contribution in [0.5, 0.6) is 0 Å². The first-order chi connectivity index (χ1) is 12.5. The van der Waals surface area contributed by atoms with Crippen molar-refractivity contribution < 1.29 is 9.59 Å². The summed E-state index contributed by atoms with van der Waals surface area (Å²) in [5.74, 6) is -0.339. The lowest BCUT2D eigenvalue weighted by Gasteiger charge is -2.22. The topological polar surface area (TPSA) is 88.9 Å². The number of fused-ring (bicyclic) bond motifs is 1. The summed E-state index contributed by atoms with van der Waals surface area (Å²) in [7, 11) is 0. The largest absolute Gasteiger partial charge is 0.342 e. The van der Waals surface area contributed by atoms with Gasteiger partial charge in [0.15, 0.2) is 5.65 Å². The van der Waals surface area contributed by atoms with Gasteiger partial charge >= 0.3 is 0 Å². The van der Waals surface area contributed by atoms with E-state index < -0.39 is 5.54 Å². The summed E-state index contributed by atoms with van der Waals surface area (Å²) in [5, 5.41) is 11.0. The van der Waals surface area contributed by atoms with E-state index in [2.05, 4.69) is 20.7 Å². The summed E-state index contributed by atoms with van der Waals surface area (Å²) < 4.78 is 1.79. The molecule has 0 aliphatic carbocycles. The molecule has 1 aromatic carbocycles. The van der Waals surface area contributed by atoms with E-state index >= 15 is 0 Å². The molecular formula is C19H19N5O2. The van der Waals surface area contributed by atoms with E-state index in [1.807, 2.05) is 43.3 Å². The average Bonchev–Trinajstić information content (AvgIpc) is 3.16. The van der Waals surface area contributed by atoms with Crippen LogP contribution in [0.4, 0.5) is 5.69 Å². The minimum Gasteiger partial charge on any atom is -0.342 e. The summed E-state index contributed by atoms with van der Waals surface area (Å²) in [5.41, 5.74) is 2.19. The number of aromatic nitrogens is 3. The SMILES string of the molecule is Cc1nn(-c2ccccc2)c2ncc(NC(=O)[C@]3(C)CCC(=O)N3)cc12. The number of anilines is 1. The lowest BCUT2D eigenvalue weighted by Crippen LogP contribution is -2.49. The maximum Gasteiger partial charge on any atom is 0.249 e. The van der Waals surface area contributed by atoms with Gasteiger partial charge in [-0.05, 0) is 38.5 Å². The first kappa shape index (κ1) is 16.3. The van der Waals surface area contributed by atoms with Crippen LogP contribution < -0.4 is 10.6 Å². The summed E-state index contributed by atoms with van der Waals surface area (Å²) in [6.07, 6.45) is 2.46. The molecule has 0 saturated carbocycles. The van der Waals surface area contributed by atoms with Gasteiger partial charge in [-0.2, -0.15) is 5.10 Å². The van der Waals surface area contributed by atoms with Gasteiger partial charge in [-0.1, -0.05) is 18.2 Å². The van der Waals surface area contributed by atoms with Crippen molar-refractivity contribution in [1.82, 2.24) is 20.1 Å². The smallest absolute Gasteiger partial charge is 0.249 e. The Labute approximate surface area is 150 Å². The Morgan fingerprint density at radius 1 is 1.31 bits per heavy atom. The number of para-hydroxylation sites is 1. The number of amides is 2. The second kappa shape index (κ2) is 5.94. The van der Waals surface area contributed by atoms with E-state index in [9.17, 15) is 9.59 Å². The zero-order valence-corrected chi connectivity index (χ0v) is 14.6. The predicted octanol–water partition coefficient (Wildman–Crippen LogP) is 2.34. The van der Waals surface area contributed by atoms with E-state index in [-0.39, 0.29) is 11.8 Å². The highest BCUT2D eigenvalue weighted by Gasteiger charge is 2.40. The fraction of sp³-hybridized carbons (Fsp3) is 0.263. The quantitative estimate of drug-likeness (QED) is 0.759. The Kier molecular flexibility index (Phi) is 3.72. The molecule has 0 bridgehead atoms. The summed E-state index contributed by atoms with van der Waals surface area (Å²) in [6, 6.07) is 11.6. The molecule has 2 amide bonds. The van der Waals surface area contributed by atoms with Crippen LogP contribution in [0.15, 0.2) is 42.6 Å². The fourth-order valence-electron chi connectivity index (χ4n) is 3.20. The molecule has 26 heavy (non-hydrogen) atoms. The summed E-state index contributed by atoms with van der Waals surface area (Å²) in [4.78, 5) is 28.5. The number of benzene rings is 1. The van der Waals surface area contributed by atoms with Crippen molar-refractivity contribution in [2.24, 2.45) is 0 Å².